The number of carbonyl (C=O) groups is 1. The van der Waals surface area contributed by atoms with Crippen LogP contribution in [0.3, 0.4) is 0 Å². The summed E-state index contributed by atoms with van der Waals surface area (Å²) in [5.41, 5.74) is 3.46. The second-order valence-electron chi connectivity index (χ2n) is 10.4. The summed E-state index contributed by atoms with van der Waals surface area (Å²) in [6.45, 7) is 9.13. The zero-order valence-corrected chi connectivity index (χ0v) is 19.1. The maximum atomic E-state index is 12.7. The van der Waals surface area contributed by atoms with Crippen molar-refractivity contribution in [1.82, 2.24) is 14.8 Å². The van der Waals surface area contributed by atoms with Crippen LogP contribution >= 0.6 is 0 Å². The molecule has 3 aliphatic rings. The van der Waals surface area contributed by atoms with Gasteiger partial charge in [0.25, 0.3) is 5.91 Å². The Balaban J connectivity index is 1.16. The van der Waals surface area contributed by atoms with E-state index in [4.69, 9.17) is 4.74 Å². The van der Waals surface area contributed by atoms with Crippen LogP contribution in [0.1, 0.15) is 61.1 Å². The number of aromatic nitrogens is 1. The van der Waals surface area contributed by atoms with Gasteiger partial charge < -0.3 is 14.7 Å². The largest absolute Gasteiger partial charge is 0.506 e. The van der Waals surface area contributed by atoms with E-state index in [2.05, 4.69) is 41.9 Å². The molecule has 4 heterocycles. The fourth-order valence-electron chi connectivity index (χ4n) is 5.60. The molecule has 2 aromatic rings. The van der Waals surface area contributed by atoms with E-state index >= 15 is 0 Å². The number of hydrogen-bond donors (Lipinski definition) is 1. The molecular weight excluding hydrogens is 402 g/mol. The highest BCUT2D eigenvalue weighted by molar-refractivity contribution is 5.92. The third-order valence-corrected chi connectivity index (χ3v) is 7.61. The lowest BCUT2D eigenvalue weighted by Gasteiger charge is -2.47. The fraction of sp³-hybridized carbons (Fsp3) is 0.538. The molecule has 0 saturated carbocycles. The van der Waals surface area contributed by atoms with Crippen LogP contribution in [0.15, 0.2) is 36.5 Å². The van der Waals surface area contributed by atoms with E-state index in [0.29, 0.717) is 11.1 Å². The summed E-state index contributed by atoms with van der Waals surface area (Å²) in [4.78, 5) is 21.3. The summed E-state index contributed by atoms with van der Waals surface area (Å²) >= 11 is 0. The van der Waals surface area contributed by atoms with E-state index in [1.54, 1.807) is 6.07 Å². The van der Waals surface area contributed by atoms with Crippen LogP contribution in [0.4, 0.5) is 0 Å². The highest BCUT2D eigenvalue weighted by Gasteiger charge is 2.39. The Morgan fingerprint density at radius 3 is 2.47 bits per heavy atom. The second kappa shape index (κ2) is 8.07. The van der Waals surface area contributed by atoms with Gasteiger partial charge in [0, 0.05) is 31.6 Å². The predicted octanol–water partition coefficient (Wildman–Crippen LogP) is 4.02. The Kier molecular flexibility index (Phi) is 5.36. The monoisotopic (exact) mass is 435 g/mol. The van der Waals surface area contributed by atoms with Gasteiger partial charge in [0.1, 0.15) is 22.8 Å². The van der Waals surface area contributed by atoms with Crippen molar-refractivity contribution in [3.8, 4) is 11.5 Å². The normalized spacial score (nSPS) is 21.9. The van der Waals surface area contributed by atoms with Gasteiger partial charge in [-0.25, -0.2) is 4.98 Å². The Morgan fingerprint density at radius 1 is 1.06 bits per heavy atom. The van der Waals surface area contributed by atoms with Gasteiger partial charge in [-0.2, -0.15) is 0 Å². The third-order valence-electron chi connectivity index (χ3n) is 7.61. The van der Waals surface area contributed by atoms with Gasteiger partial charge in [-0.15, -0.1) is 0 Å². The number of pyridine rings is 1. The number of nitrogens with zero attached hydrogens (tertiary/aromatic N) is 3. The molecule has 0 radical (unpaired) electrons. The number of fused-ring (bicyclic) bond motifs is 1. The van der Waals surface area contributed by atoms with Crippen LogP contribution in [-0.4, -0.2) is 57.6 Å². The van der Waals surface area contributed by atoms with E-state index in [-0.39, 0.29) is 17.3 Å². The quantitative estimate of drug-likeness (QED) is 0.789. The lowest BCUT2D eigenvalue weighted by Crippen LogP contribution is -2.48. The minimum atomic E-state index is -0.106. The third kappa shape index (κ3) is 4.20. The molecule has 170 valence electrons. The molecule has 3 aliphatic heterocycles. The number of piperidine rings is 2. The average Bonchev–Trinajstić information content (AvgIpc) is 3.11. The molecule has 0 aliphatic carbocycles. The lowest BCUT2D eigenvalue weighted by molar-refractivity contribution is 0.0282. The Bertz CT molecular complexity index is 984. The zero-order chi connectivity index (χ0) is 22.3. The topological polar surface area (TPSA) is 65.9 Å². The predicted molar refractivity (Wildman–Crippen MR) is 123 cm³/mol. The first-order chi connectivity index (χ1) is 15.3. The van der Waals surface area contributed by atoms with E-state index in [9.17, 15) is 9.90 Å². The molecule has 1 amide bonds. The van der Waals surface area contributed by atoms with E-state index < -0.39 is 0 Å². The number of rotatable bonds is 3. The Labute approximate surface area is 190 Å². The van der Waals surface area contributed by atoms with Crippen LogP contribution in [0.2, 0.25) is 0 Å². The number of carbonyl (C=O) groups excluding carboxylic acids is 1. The highest BCUT2D eigenvalue weighted by atomic mass is 16.5. The fourth-order valence-corrected chi connectivity index (χ4v) is 5.60. The van der Waals surface area contributed by atoms with E-state index in [1.807, 2.05) is 4.90 Å². The van der Waals surface area contributed by atoms with Gasteiger partial charge >= 0.3 is 0 Å². The summed E-state index contributed by atoms with van der Waals surface area (Å²) in [5.74, 6) is 1.11. The highest BCUT2D eigenvalue weighted by Crippen LogP contribution is 2.42. The van der Waals surface area contributed by atoms with Crippen molar-refractivity contribution in [1.29, 1.82) is 0 Å². The van der Waals surface area contributed by atoms with Crippen LogP contribution in [0.25, 0.3) is 0 Å². The Morgan fingerprint density at radius 2 is 1.78 bits per heavy atom. The molecule has 5 rings (SSSR count). The van der Waals surface area contributed by atoms with Crippen LogP contribution < -0.4 is 4.74 Å². The number of aromatic hydroxyl groups is 1. The number of likely N-dealkylation sites (tertiary alicyclic amines) is 2. The van der Waals surface area contributed by atoms with Crippen molar-refractivity contribution in [2.75, 3.05) is 26.2 Å². The summed E-state index contributed by atoms with van der Waals surface area (Å²) in [5, 5.41) is 9.40. The lowest BCUT2D eigenvalue weighted by atomic mass is 9.71. The van der Waals surface area contributed by atoms with Gasteiger partial charge in [-0.1, -0.05) is 12.1 Å². The second-order valence-corrected chi connectivity index (χ2v) is 10.4. The number of benzene rings is 1. The maximum Gasteiger partial charge on any atom is 0.272 e. The standard InChI is InChI=1S/C26H33N3O3/c1-25(2)16-21-19(4-3-5-23(21)32-25)18-28-12-8-26(9-13-28)10-14-29(15-11-26)24(31)22-7-6-20(30)17-27-22/h3-7,17,30H,8-16,18H2,1-2H3. The minimum absolute atomic E-state index is 0.0274. The van der Waals surface area contributed by atoms with Crippen molar-refractivity contribution < 1.29 is 14.6 Å². The van der Waals surface area contributed by atoms with Crippen LogP contribution in [-0.2, 0) is 13.0 Å². The van der Waals surface area contributed by atoms with Gasteiger partial charge in [-0.3, -0.25) is 9.69 Å². The van der Waals surface area contributed by atoms with Gasteiger partial charge in [0.05, 0.1) is 6.20 Å². The zero-order valence-electron chi connectivity index (χ0n) is 19.1. The molecule has 1 aromatic heterocycles. The van der Waals surface area contributed by atoms with E-state index in [0.717, 1.165) is 57.7 Å². The minimum Gasteiger partial charge on any atom is -0.506 e. The molecule has 2 saturated heterocycles. The molecule has 0 unspecified atom stereocenters. The van der Waals surface area contributed by atoms with Crippen LogP contribution in [0.5, 0.6) is 11.5 Å². The molecule has 0 atom stereocenters. The summed E-state index contributed by atoms with van der Waals surface area (Å²) < 4.78 is 6.11. The first kappa shape index (κ1) is 21.3. The molecule has 1 N–H and O–H groups in total. The molecule has 6 heteroatoms. The van der Waals surface area contributed by atoms with E-state index in [1.165, 1.54) is 36.2 Å². The number of ether oxygens (including phenoxy) is 1. The molecule has 1 aromatic carbocycles. The molecule has 0 bridgehead atoms. The number of amides is 1. The number of hydrogen-bond acceptors (Lipinski definition) is 5. The average molecular weight is 436 g/mol. The van der Waals surface area contributed by atoms with Gasteiger partial charge in [0.15, 0.2) is 0 Å². The molecule has 2 fully saturated rings. The molecule has 6 nitrogen and oxygen atoms in total. The van der Waals surface area contributed by atoms with Crippen molar-refractivity contribution >= 4 is 5.91 Å². The summed E-state index contributed by atoms with van der Waals surface area (Å²) in [6, 6.07) is 9.61. The van der Waals surface area contributed by atoms with Gasteiger partial charge in [-0.05, 0) is 81.8 Å². The maximum absolute atomic E-state index is 12.7. The summed E-state index contributed by atoms with van der Waals surface area (Å²) in [7, 11) is 0. The van der Waals surface area contributed by atoms with Crippen molar-refractivity contribution in [2.24, 2.45) is 5.41 Å². The smallest absolute Gasteiger partial charge is 0.272 e. The SMILES string of the molecule is CC1(C)Cc2c(CN3CCC4(CC3)CCN(C(=O)c3ccc(O)cn3)CC4)cccc2O1. The van der Waals surface area contributed by atoms with Crippen LogP contribution in [0, 0.1) is 5.41 Å². The molecule has 32 heavy (non-hydrogen) atoms. The summed E-state index contributed by atoms with van der Waals surface area (Å²) in [6.07, 6.45) is 6.84. The first-order valence-electron chi connectivity index (χ1n) is 11.8. The molecule has 1 spiro atoms. The first-order valence-corrected chi connectivity index (χ1v) is 11.8. The van der Waals surface area contributed by atoms with Crippen molar-refractivity contribution in [3.63, 3.8) is 0 Å². The van der Waals surface area contributed by atoms with Crippen molar-refractivity contribution in [3.05, 3.63) is 53.3 Å². The van der Waals surface area contributed by atoms with Crippen molar-refractivity contribution in [2.45, 2.75) is 58.1 Å². The van der Waals surface area contributed by atoms with Gasteiger partial charge in [0.2, 0.25) is 0 Å². The molecular formula is C26H33N3O3. The Hall–Kier alpha value is -2.60.